The molecule has 0 aliphatic carbocycles. The van der Waals surface area contributed by atoms with Crippen LogP contribution >= 0.6 is 0 Å². The zero-order valence-electron chi connectivity index (χ0n) is 14.5. The van der Waals surface area contributed by atoms with Gasteiger partial charge in [-0.25, -0.2) is 0 Å². The van der Waals surface area contributed by atoms with Gasteiger partial charge in [0, 0.05) is 17.1 Å². The zero-order valence-corrected chi connectivity index (χ0v) is 14.5. The molecule has 134 valence electrons. The van der Waals surface area contributed by atoms with Gasteiger partial charge in [-0.1, -0.05) is 35.9 Å². The van der Waals surface area contributed by atoms with E-state index in [0.717, 1.165) is 16.8 Å². The first-order valence-electron chi connectivity index (χ1n) is 8.36. The first-order chi connectivity index (χ1) is 13.1. The molecule has 2 N–H and O–H groups in total. The van der Waals surface area contributed by atoms with Crippen LogP contribution in [0.3, 0.4) is 0 Å². The van der Waals surface area contributed by atoms with Gasteiger partial charge in [0.15, 0.2) is 5.82 Å². The molecule has 0 saturated heterocycles. The van der Waals surface area contributed by atoms with E-state index in [0.29, 0.717) is 16.8 Å². The Hall–Kier alpha value is -3.81. The number of fused-ring (bicyclic) bond motifs is 1. The van der Waals surface area contributed by atoms with E-state index in [1.54, 1.807) is 12.3 Å². The van der Waals surface area contributed by atoms with Crippen LogP contribution in [0.4, 0.5) is 0 Å². The molecule has 1 amide bonds. The summed E-state index contributed by atoms with van der Waals surface area (Å²) in [5.41, 5.74) is 3.03. The normalized spacial score (nSPS) is 10.9. The highest BCUT2D eigenvalue weighted by atomic mass is 16.2. The third-order valence-electron chi connectivity index (χ3n) is 4.26. The number of hydrogen-bond acceptors (Lipinski definition) is 5. The molecule has 0 bridgehead atoms. The Bertz CT molecular complexity index is 1130. The predicted octanol–water partition coefficient (Wildman–Crippen LogP) is 1.95. The fraction of sp³-hybridized carbons (Fsp3) is 0.105. The number of aryl methyl sites for hydroxylation is 1. The van der Waals surface area contributed by atoms with E-state index in [9.17, 15) is 9.59 Å². The number of benzene rings is 2. The molecule has 0 atom stereocenters. The van der Waals surface area contributed by atoms with Crippen molar-refractivity contribution in [2.24, 2.45) is 0 Å². The molecule has 0 aliphatic rings. The number of para-hydroxylation sites is 1. The van der Waals surface area contributed by atoms with Gasteiger partial charge < -0.3 is 10.3 Å². The maximum Gasteiger partial charge on any atom is 0.292 e. The molecule has 8 heteroatoms. The van der Waals surface area contributed by atoms with Gasteiger partial charge in [-0.2, -0.15) is 4.68 Å². The Morgan fingerprint density at radius 3 is 2.70 bits per heavy atom. The van der Waals surface area contributed by atoms with Crippen LogP contribution in [0, 0.1) is 6.92 Å². The van der Waals surface area contributed by atoms with Crippen molar-refractivity contribution in [2.45, 2.75) is 13.5 Å². The van der Waals surface area contributed by atoms with E-state index < -0.39 is 11.7 Å². The Labute approximate surface area is 154 Å². The summed E-state index contributed by atoms with van der Waals surface area (Å²) in [6.07, 6.45) is 1.54. The average Bonchev–Trinajstić information content (AvgIpc) is 3.33. The van der Waals surface area contributed by atoms with Gasteiger partial charge in [0.2, 0.25) is 0 Å². The van der Waals surface area contributed by atoms with Gasteiger partial charge in [-0.3, -0.25) is 9.59 Å². The largest absolute Gasteiger partial charge is 0.360 e. The smallest absolute Gasteiger partial charge is 0.292 e. The average molecular weight is 360 g/mol. The van der Waals surface area contributed by atoms with Crippen LogP contribution in [0.5, 0.6) is 0 Å². The number of carbonyl (C=O) groups excluding carboxylic acids is 2. The standard InChI is InChI=1S/C19H16N6O2/c1-12-6-8-13(9-7-12)25-17(22-23-24-25)11-21-19(27)18(26)15-10-20-16-5-3-2-4-14(15)16/h2-10,20H,11H2,1H3,(H,21,27). The molecule has 0 saturated carbocycles. The second kappa shape index (κ2) is 6.83. The maximum absolute atomic E-state index is 12.5. The Kier molecular flexibility index (Phi) is 4.21. The molecule has 4 rings (SSSR count). The van der Waals surface area contributed by atoms with Gasteiger partial charge in [0.25, 0.3) is 11.7 Å². The van der Waals surface area contributed by atoms with Gasteiger partial charge in [0.1, 0.15) is 0 Å². The van der Waals surface area contributed by atoms with E-state index in [4.69, 9.17) is 0 Å². The molecular weight excluding hydrogens is 344 g/mol. The van der Waals surface area contributed by atoms with Crippen molar-refractivity contribution in [3.8, 4) is 5.69 Å². The summed E-state index contributed by atoms with van der Waals surface area (Å²) >= 11 is 0. The zero-order chi connectivity index (χ0) is 18.8. The summed E-state index contributed by atoms with van der Waals surface area (Å²) in [6.45, 7) is 2.02. The lowest BCUT2D eigenvalue weighted by Crippen LogP contribution is -2.31. The second-order valence-electron chi connectivity index (χ2n) is 6.10. The van der Waals surface area contributed by atoms with E-state index >= 15 is 0 Å². The highest BCUT2D eigenvalue weighted by Gasteiger charge is 2.20. The minimum atomic E-state index is -0.710. The van der Waals surface area contributed by atoms with Crippen molar-refractivity contribution in [1.29, 1.82) is 0 Å². The number of nitrogens with one attached hydrogen (secondary N) is 2. The number of aromatic amines is 1. The van der Waals surface area contributed by atoms with Gasteiger partial charge in [-0.05, 0) is 35.5 Å². The first kappa shape index (κ1) is 16.6. The highest BCUT2D eigenvalue weighted by Crippen LogP contribution is 2.18. The van der Waals surface area contributed by atoms with E-state index in [1.165, 1.54) is 4.68 Å². The predicted molar refractivity (Wildman–Crippen MR) is 98.4 cm³/mol. The molecule has 4 aromatic rings. The van der Waals surface area contributed by atoms with Crippen LogP contribution in [0.2, 0.25) is 0 Å². The molecule has 27 heavy (non-hydrogen) atoms. The summed E-state index contributed by atoms with van der Waals surface area (Å²) in [4.78, 5) is 27.8. The van der Waals surface area contributed by atoms with Crippen molar-refractivity contribution < 1.29 is 9.59 Å². The van der Waals surface area contributed by atoms with Crippen LogP contribution in [-0.4, -0.2) is 36.9 Å². The van der Waals surface area contributed by atoms with E-state index in [2.05, 4.69) is 25.8 Å². The lowest BCUT2D eigenvalue weighted by molar-refractivity contribution is -0.117. The molecule has 8 nitrogen and oxygen atoms in total. The number of amides is 1. The number of nitrogens with zero attached hydrogens (tertiary/aromatic N) is 4. The monoisotopic (exact) mass is 360 g/mol. The Morgan fingerprint density at radius 1 is 1.11 bits per heavy atom. The number of carbonyl (C=O) groups is 2. The van der Waals surface area contributed by atoms with Crippen LogP contribution in [0.15, 0.2) is 54.7 Å². The summed E-state index contributed by atoms with van der Waals surface area (Å²) < 4.78 is 1.52. The molecule has 0 aliphatic heterocycles. The molecular formula is C19H16N6O2. The van der Waals surface area contributed by atoms with Crippen molar-refractivity contribution in [2.75, 3.05) is 0 Å². The summed E-state index contributed by atoms with van der Waals surface area (Å²) in [5, 5.41) is 14.8. The lowest BCUT2D eigenvalue weighted by Gasteiger charge is -2.06. The molecule has 0 unspecified atom stereocenters. The molecule has 2 aromatic carbocycles. The number of hydrogen-bond donors (Lipinski definition) is 2. The number of rotatable bonds is 5. The van der Waals surface area contributed by atoms with Crippen molar-refractivity contribution >= 4 is 22.6 Å². The van der Waals surface area contributed by atoms with Crippen molar-refractivity contribution in [3.05, 3.63) is 71.7 Å². The van der Waals surface area contributed by atoms with Crippen LogP contribution in [0.1, 0.15) is 21.7 Å². The number of ketones is 1. The fourth-order valence-corrected chi connectivity index (χ4v) is 2.82. The number of Topliss-reactive ketones (excluding diaryl/α,β-unsaturated/α-hetero) is 1. The molecule has 0 spiro atoms. The van der Waals surface area contributed by atoms with Gasteiger partial charge >= 0.3 is 0 Å². The highest BCUT2D eigenvalue weighted by molar-refractivity contribution is 6.44. The van der Waals surface area contributed by atoms with Crippen LogP contribution in [-0.2, 0) is 11.3 Å². The van der Waals surface area contributed by atoms with E-state index in [1.807, 2.05) is 49.4 Å². The topological polar surface area (TPSA) is 106 Å². The first-order valence-corrected chi connectivity index (χ1v) is 8.36. The summed E-state index contributed by atoms with van der Waals surface area (Å²) in [6, 6.07) is 15.0. The number of tetrazole rings is 1. The van der Waals surface area contributed by atoms with Gasteiger partial charge in [0.05, 0.1) is 17.8 Å². The molecule has 0 fully saturated rings. The summed E-state index contributed by atoms with van der Waals surface area (Å²) in [7, 11) is 0. The van der Waals surface area contributed by atoms with E-state index in [-0.39, 0.29) is 6.54 Å². The second-order valence-corrected chi connectivity index (χ2v) is 6.10. The van der Waals surface area contributed by atoms with Crippen molar-refractivity contribution in [3.63, 3.8) is 0 Å². The van der Waals surface area contributed by atoms with Crippen LogP contribution in [0.25, 0.3) is 16.6 Å². The third kappa shape index (κ3) is 3.20. The third-order valence-corrected chi connectivity index (χ3v) is 4.26. The Balaban J connectivity index is 1.49. The van der Waals surface area contributed by atoms with Crippen LogP contribution < -0.4 is 5.32 Å². The molecule has 2 heterocycles. The number of aromatic nitrogens is 5. The maximum atomic E-state index is 12.5. The van der Waals surface area contributed by atoms with Crippen molar-refractivity contribution in [1.82, 2.24) is 30.5 Å². The number of H-pyrrole nitrogens is 1. The lowest BCUT2D eigenvalue weighted by atomic mass is 10.1. The van der Waals surface area contributed by atoms with Gasteiger partial charge in [-0.15, -0.1) is 5.10 Å². The minimum Gasteiger partial charge on any atom is -0.360 e. The Morgan fingerprint density at radius 2 is 1.89 bits per heavy atom. The quantitative estimate of drug-likeness (QED) is 0.418. The SMILES string of the molecule is Cc1ccc(-n2nnnc2CNC(=O)C(=O)c2c[nH]c3ccccc23)cc1. The molecule has 2 aromatic heterocycles. The minimum absolute atomic E-state index is 0.0355. The fourth-order valence-electron chi connectivity index (χ4n) is 2.82. The molecule has 0 radical (unpaired) electrons. The summed E-state index contributed by atoms with van der Waals surface area (Å²) in [5.74, 6) is -0.890.